The van der Waals surface area contributed by atoms with Gasteiger partial charge in [-0.15, -0.1) is 0 Å². The normalized spacial score (nSPS) is 15.3. The predicted octanol–water partition coefficient (Wildman–Crippen LogP) is 4.19. The summed E-state index contributed by atoms with van der Waals surface area (Å²) >= 11 is 0. The van der Waals surface area contributed by atoms with Crippen LogP contribution in [0, 0.1) is 18.3 Å². The molecule has 1 atom stereocenters. The first-order chi connectivity index (χ1) is 15.2. The van der Waals surface area contributed by atoms with E-state index in [1.807, 2.05) is 43.3 Å². The summed E-state index contributed by atoms with van der Waals surface area (Å²) in [4.78, 5) is 4.58. The summed E-state index contributed by atoms with van der Waals surface area (Å²) in [5, 5.41) is 14.6. The Hall–Kier alpha value is -3.56. The van der Waals surface area contributed by atoms with Gasteiger partial charge in [0.25, 0.3) is 0 Å². The topological polar surface area (TPSA) is 72.1 Å². The summed E-state index contributed by atoms with van der Waals surface area (Å²) in [7, 11) is 0. The standard InChI is InChI=1S/C25H24N4O2/c1-17-3-5-21-22(28-17)6-8-24-25(21)31-20(16-30-24)15-27-10-2-11-29-12-9-19-13-18(14-26)4-7-23(19)29/h3-9,12-13,20,27H,2,10-11,15-16H2,1H3. The number of benzene rings is 2. The van der Waals surface area contributed by atoms with Crippen LogP contribution >= 0.6 is 0 Å². The van der Waals surface area contributed by atoms with E-state index in [2.05, 4.69) is 39.3 Å². The van der Waals surface area contributed by atoms with Crippen LogP contribution in [0.2, 0.25) is 0 Å². The molecule has 0 fully saturated rings. The molecule has 0 radical (unpaired) electrons. The van der Waals surface area contributed by atoms with Crippen LogP contribution in [-0.2, 0) is 6.54 Å². The zero-order valence-electron chi connectivity index (χ0n) is 17.5. The maximum Gasteiger partial charge on any atom is 0.171 e. The molecule has 0 spiro atoms. The number of fused-ring (bicyclic) bond motifs is 4. The quantitative estimate of drug-likeness (QED) is 0.481. The summed E-state index contributed by atoms with van der Waals surface area (Å²) in [6.07, 6.45) is 3.05. The van der Waals surface area contributed by atoms with Crippen molar-refractivity contribution in [1.29, 1.82) is 5.26 Å². The maximum absolute atomic E-state index is 9.04. The molecule has 1 aliphatic heterocycles. The van der Waals surface area contributed by atoms with Gasteiger partial charge in [0.15, 0.2) is 11.5 Å². The molecule has 2 aromatic carbocycles. The van der Waals surface area contributed by atoms with Gasteiger partial charge in [-0.05, 0) is 68.4 Å². The Kier molecular flexibility index (Phi) is 5.19. The number of nitrogens with one attached hydrogen (secondary N) is 1. The lowest BCUT2D eigenvalue weighted by Crippen LogP contribution is -2.39. The van der Waals surface area contributed by atoms with Crippen molar-refractivity contribution in [2.75, 3.05) is 19.7 Å². The largest absolute Gasteiger partial charge is 0.486 e. The molecule has 0 saturated carbocycles. The average molecular weight is 412 g/mol. The molecule has 0 amide bonds. The monoisotopic (exact) mass is 412 g/mol. The third-order valence-electron chi connectivity index (χ3n) is 5.66. The van der Waals surface area contributed by atoms with E-state index in [4.69, 9.17) is 14.7 Å². The van der Waals surface area contributed by atoms with Crippen molar-refractivity contribution in [3.8, 4) is 17.6 Å². The highest BCUT2D eigenvalue weighted by Gasteiger charge is 2.23. The number of hydrogen-bond donors (Lipinski definition) is 1. The molecular weight excluding hydrogens is 388 g/mol. The van der Waals surface area contributed by atoms with Crippen LogP contribution in [0.25, 0.3) is 21.8 Å². The van der Waals surface area contributed by atoms with Gasteiger partial charge in [0.1, 0.15) is 12.7 Å². The molecule has 1 aliphatic rings. The highest BCUT2D eigenvalue weighted by molar-refractivity contribution is 5.88. The Morgan fingerprint density at radius 3 is 3.03 bits per heavy atom. The van der Waals surface area contributed by atoms with Gasteiger partial charge in [-0.2, -0.15) is 5.26 Å². The lowest BCUT2D eigenvalue weighted by atomic mass is 10.1. The lowest BCUT2D eigenvalue weighted by Gasteiger charge is -2.27. The number of aromatic nitrogens is 2. The van der Waals surface area contributed by atoms with E-state index in [-0.39, 0.29) is 6.10 Å². The molecule has 0 saturated heterocycles. The van der Waals surface area contributed by atoms with Crippen LogP contribution < -0.4 is 14.8 Å². The van der Waals surface area contributed by atoms with Crippen molar-refractivity contribution in [1.82, 2.24) is 14.9 Å². The Morgan fingerprint density at radius 2 is 2.13 bits per heavy atom. The number of rotatable bonds is 6. The third kappa shape index (κ3) is 3.92. The van der Waals surface area contributed by atoms with E-state index in [1.54, 1.807) is 0 Å². The number of ether oxygens (including phenoxy) is 2. The number of nitrogens with zero attached hydrogens (tertiary/aromatic N) is 3. The van der Waals surface area contributed by atoms with Crippen molar-refractivity contribution < 1.29 is 9.47 Å². The van der Waals surface area contributed by atoms with Crippen molar-refractivity contribution in [3.63, 3.8) is 0 Å². The van der Waals surface area contributed by atoms with Crippen LogP contribution in [0.1, 0.15) is 17.7 Å². The van der Waals surface area contributed by atoms with Crippen molar-refractivity contribution in [2.45, 2.75) is 26.0 Å². The smallest absolute Gasteiger partial charge is 0.171 e. The van der Waals surface area contributed by atoms with E-state index in [0.29, 0.717) is 12.2 Å². The van der Waals surface area contributed by atoms with Gasteiger partial charge in [-0.3, -0.25) is 4.98 Å². The highest BCUT2D eigenvalue weighted by atomic mass is 16.6. The van der Waals surface area contributed by atoms with E-state index < -0.39 is 0 Å². The molecule has 1 unspecified atom stereocenters. The molecule has 0 aliphatic carbocycles. The van der Waals surface area contributed by atoms with Crippen molar-refractivity contribution >= 4 is 21.8 Å². The van der Waals surface area contributed by atoms with Crippen LogP contribution in [0.15, 0.2) is 54.7 Å². The second-order valence-electron chi connectivity index (χ2n) is 7.92. The van der Waals surface area contributed by atoms with Gasteiger partial charge in [0.2, 0.25) is 0 Å². The van der Waals surface area contributed by atoms with Crippen LogP contribution in [0.5, 0.6) is 11.5 Å². The zero-order valence-corrected chi connectivity index (χ0v) is 17.5. The molecule has 5 rings (SSSR count). The fourth-order valence-electron chi connectivity index (χ4n) is 4.08. The molecule has 1 N–H and O–H groups in total. The molecule has 31 heavy (non-hydrogen) atoms. The second kappa shape index (κ2) is 8.29. The first-order valence-electron chi connectivity index (χ1n) is 10.6. The fraction of sp³-hybridized carbons (Fsp3) is 0.280. The SMILES string of the molecule is Cc1ccc2c3c(ccc2n1)OCC(CNCCCn1ccc2cc(C#N)ccc21)O3. The molecule has 6 heteroatoms. The lowest BCUT2D eigenvalue weighted by molar-refractivity contribution is 0.0925. The molecule has 2 aromatic heterocycles. The van der Waals surface area contributed by atoms with Gasteiger partial charge < -0.3 is 19.4 Å². The Balaban J connectivity index is 1.15. The van der Waals surface area contributed by atoms with E-state index in [0.717, 1.165) is 65.1 Å². The molecular formula is C25H24N4O2. The van der Waals surface area contributed by atoms with Gasteiger partial charge in [-0.25, -0.2) is 0 Å². The number of pyridine rings is 1. The van der Waals surface area contributed by atoms with Crippen LogP contribution in [0.4, 0.5) is 0 Å². The molecule has 3 heterocycles. The predicted molar refractivity (Wildman–Crippen MR) is 121 cm³/mol. The fourth-order valence-corrected chi connectivity index (χ4v) is 4.08. The summed E-state index contributed by atoms with van der Waals surface area (Å²) in [6, 6.07) is 18.1. The highest BCUT2D eigenvalue weighted by Crippen LogP contribution is 2.38. The minimum absolute atomic E-state index is 0.0313. The zero-order chi connectivity index (χ0) is 21.2. The van der Waals surface area contributed by atoms with Gasteiger partial charge in [0, 0.05) is 41.3 Å². The van der Waals surface area contributed by atoms with Gasteiger partial charge in [-0.1, -0.05) is 0 Å². The third-order valence-corrected chi connectivity index (χ3v) is 5.66. The second-order valence-corrected chi connectivity index (χ2v) is 7.92. The van der Waals surface area contributed by atoms with Crippen LogP contribution in [-0.4, -0.2) is 35.4 Å². The molecule has 156 valence electrons. The number of aryl methyl sites for hydroxylation is 2. The van der Waals surface area contributed by atoms with Gasteiger partial charge in [0.05, 0.1) is 17.1 Å². The Morgan fingerprint density at radius 1 is 1.19 bits per heavy atom. The number of hydrogen-bond acceptors (Lipinski definition) is 5. The molecule has 6 nitrogen and oxygen atoms in total. The first kappa shape index (κ1) is 19.4. The Bertz CT molecular complexity index is 1290. The molecule has 4 aromatic rings. The van der Waals surface area contributed by atoms with E-state index >= 15 is 0 Å². The van der Waals surface area contributed by atoms with Crippen molar-refractivity contribution in [3.05, 3.63) is 66.0 Å². The minimum Gasteiger partial charge on any atom is -0.486 e. The van der Waals surface area contributed by atoms with E-state index in [9.17, 15) is 0 Å². The van der Waals surface area contributed by atoms with Crippen LogP contribution in [0.3, 0.4) is 0 Å². The summed E-state index contributed by atoms with van der Waals surface area (Å²) in [5.41, 5.74) is 3.78. The minimum atomic E-state index is -0.0313. The van der Waals surface area contributed by atoms with Crippen molar-refractivity contribution in [2.24, 2.45) is 0 Å². The summed E-state index contributed by atoms with van der Waals surface area (Å²) in [6.45, 7) is 5.06. The molecule has 0 bridgehead atoms. The summed E-state index contributed by atoms with van der Waals surface area (Å²) < 4.78 is 14.4. The van der Waals surface area contributed by atoms with E-state index in [1.165, 1.54) is 0 Å². The average Bonchev–Trinajstić information content (AvgIpc) is 3.20. The Labute approximate surface area is 181 Å². The maximum atomic E-state index is 9.04. The summed E-state index contributed by atoms with van der Waals surface area (Å²) in [5.74, 6) is 1.58. The van der Waals surface area contributed by atoms with Gasteiger partial charge >= 0.3 is 0 Å². The first-order valence-corrected chi connectivity index (χ1v) is 10.6. The number of nitriles is 1.